The summed E-state index contributed by atoms with van der Waals surface area (Å²) >= 11 is 6.02. The molecule has 1 aliphatic heterocycles. The van der Waals surface area contributed by atoms with Crippen LogP contribution < -0.4 is 0 Å². The van der Waals surface area contributed by atoms with Crippen molar-refractivity contribution in [3.8, 4) is 0 Å². The van der Waals surface area contributed by atoms with Gasteiger partial charge in [0.25, 0.3) is 5.91 Å². The van der Waals surface area contributed by atoms with E-state index in [9.17, 15) is 14.7 Å². The van der Waals surface area contributed by atoms with Gasteiger partial charge in [0.1, 0.15) is 11.3 Å². The molecule has 7 nitrogen and oxygen atoms in total. The Balaban J connectivity index is 1.60. The maximum absolute atomic E-state index is 13.4. The second-order valence-corrected chi connectivity index (χ2v) is 7.52. The molecule has 3 aromatic heterocycles. The lowest BCUT2D eigenvalue weighted by molar-refractivity contribution is -0.130. The van der Waals surface area contributed by atoms with Crippen molar-refractivity contribution in [1.29, 1.82) is 0 Å². The first-order valence-corrected chi connectivity index (χ1v) is 9.81. The fourth-order valence-electron chi connectivity index (χ4n) is 3.77. The van der Waals surface area contributed by atoms with Crippen molar-refractivity contribution in [2.45, 2.75) is 12.6 Å². The van der Waals surface area contributed by atoms with Crippen molar-refractivity contribution in [3.05, 3.63) is 101 Å². The van der Waals surface area contributed by atoms with Gasteiger partial charge in [-0.3, -0.25) is 14.6 Å². The number of carbonyl (C=O) groups excluding carboxylic acids is 2. The van der Waals surface area contributed by atoms with Crippen LogP contribution in [0.3, 0.4) is 0 Å². The van der Waals surface area contributed by atoms with E-state index in [4.69, 9.17) is 20.4 Å². The van der Waals surface area contributed by atoms with Gasteiger partial charge in [0, 0.05) is 22.8 Å². The summed E-state index contributed by atoms with van der Waals surface area (Å²) in [6.45, 7) is 0.0788. The SMILES string of the molecule is O=C(C1=C(O)C(=O)N(Cc2ccco2)C1c1ccncc1)c1cc2cc(Cl)ccc2o1. The highest BCUT2D eigenvalue weighted by Gasteiger charge is 2.44. The highest BCUT2D eigenvalue weighted by molar-refractivity contribution is 6.31. The molecule has 0 saturated heterocycles. The summed E-state index contributed by atoms with van der Waals surface area (Å²) < 4.78 is 11.1. The molecule has 31 heavy (non-hydrogen) atoms. The fourth-order valence-corrected chi connectivity index (χ4v) is 3.95. The number of benzene rings is 1. The lowest BCUT2D eigenvalue weighted by Crippen LogP contribution is -2.30. The van der Waals surface area contributed by atoms with Crippen molar-refractivity contribution in [3.63, 3.8) is 0 Å². The van der Waals surface area contributed by atoms with Crippen LogP contribution in [0, 0.1) is 0 Å². The first-order chi connectivity index (χ1) is 15.0. The number of amides is 1. The van der Waals surface area contributed by atoms with Gasteiger partial charge in [-0.15, -0.1) is 0 Å². The smallest absolute Gasteiger partial charge is 0.290 e. The number of carbonyl (C=O) groups is 2. The van der Waals surface area contributed by atoms with Crippen LogP contribution in [-0.4, -0.2) is 26.7 Å². The Morgan fingerprint density at radius 2 is 1.97 bits per heavy atom. The van der Waals surface area contributed by atoms with Crippen LogP contribution in [0.5, 0.6) is 0 Å². The quantitative estimate of drug-likeness (QED) is 0.451. The number of aliphatic hydroxyl groups is 1. The van der Waals surface area contributed by atoms with E-state index in [1.807, 2.05) is 0 Å². The number of pyridine rings is 1. The lowest BCUT2D eigenvalue weighted by Gasteiger charge is -2.25. The first-order valence-electron chi connectivity index (χ1n) is 9.43. The van der Waals surface area contributed by atoms with Gasteiger partial charge >= 0.3 is 0 Å². The number of furan rings is 2. The minimum absolute atomic E-state index is 0.00511. The number of aliphatic hydroxyl groups excluding tert-OH is 1. The molecule has 4 aromatic rings. The predicted molar refractivity (Wildman–Crippen MR) is 111 cm³/mol. The molecule has 0 saturated carbocycles. The van der Waals surface area contributed by atoms with Crippen LogP contribution in [0.15, 0.2) is 87.4 Å². The minimum atomic E-state index is -0.829. The maximum Gasteiger partial charge on any atom is 0.290 e. The van der Waals surface area contributed by atoms with Crippen LogP contribution in [0.25, 0.3) is 11.0 Å². The maximum atomic E-state index is 13.4. The zero-order chi connectivity index (χ0) is 21.5. The Kier molecular flexibility index (Phi) is 4.60. The Hall–Kier alpha value is -3.84. The Bertz CT molecular complexity index is 1320. The van der Waals surface area contributed by atoms with Crippen LogP contribution in [0.2, 0.25) is 5.02 Å². The summed E-state index contributed by atoms with van der Waals surface area (Å²) in [5.74, 6) is -1.34. The van der Waals surface area contributed by atoms with Crippen molar-refractivity contribution in [2.24, 2.45) is 0 Å². The van der Waals surface area contributed by atoms with Gasteiger partial charge in [-0.05, 0) is 54.1 Å². The Morgan fingerprint density at radius 3 is 2.71 bits per heavy atom. The number of hydrogen-bond donors (Lipinski definition) is 1. The molecule has 0 bridgehead atoms. The van der Waals surface area contributed by atoms with E-state index in [0.29, 0.717) is 27.3 Å². The van der Waals surface area contributed by atoms with E-state index in [2.05, 4.69) is 4.98 Å². The van der Waals surface area contributed by atoms with Gasteiger partial charge in [0.05, 0.1) is 24.4 Å². The molecule has 4 heterocycles. The number of hydrogen-bond acceptors (Lipinski definition) is 6. The van der Waals surface area contributed by atoms with Crippen LogP contribution in [0.1, 0.15) is 27.9 Å². The van der Waals surface area contributed by atoms with Gasteiger partial charge in [-0.2, -0.15) is 0 Å². The van der Waals surface area contributed by atoms with Crippen LogP contribution >= 0.6 is 11.6 Å². The fraction of sp³-hybridized carbons (Fsp3) is 0.0870. The zero-order valence-corrected chi connectivity index (χ0v) is 16.7. The number of rotatable bonds is 5. The third kappa shape index (κ3) is 3.29. The molecule has 8 heteroatoms. The van der Waals surface area contributed by atoms with Crippen LogP contribution in [-0.2, 0) is 11.3 Å². The number of aromatic nitrogens is 1. The molecule has 1 amide bonds. The monoisotopic (exact) mass is 434 g/mol. The average Bonchev–Trinajstić information content (AvgIpc) is 3.49. The molecule has 5 rings (SSSR count). The normalized spacial score (nSPS) is 16.5. The van der Waals surface area contributed by atoms with Crippen molar-refractivity contribution in [2.75, 3.05) is 0 Å². The summed E-state index contributed by atoms with van der Waals surface area (Å²) in [6.07, 6.45) is 4.62. The van der Waals surface area contributed by atoms with Gasteiger partial charge in [-0.25, -0.2) is 0 Å². The van der Waals surface area contributed by atoms with Crippen molar-refractivity contribution < 1.29 is 23.5 Å². The summed E-state index contributed by atoms with van der Waals surface area (Å²) in [4.78, 5) is 31.8. The first kappa shape index (κ1) is 19.1. The minimum Gasteiger partial charge on any atom is -0.503 e. The van der Waals surface area contributed by atoms with E-state index in [-0.39, 0.29) is 17.9 Å². The molecular formula is C23H15ClN2O5. The van der Waals surface area contributed by atoms with E-state index in [0.717, 1.165) is 0 Å². The topological polar surface area (TPSA) is 96.8 Å². The van der Waals surface area contributed by atoms with Gasteiger partial charge in [-0.1, -0.05) is 11.6 Å². The molecular weight excluding hydrogens is 420 g/mol. The highest BCUT2D eigenvalue weighted by atomic mass is 35.5. The number of ketones is 1. The summed E-state index contributed by atoms with van der Waals surface area (Å²) in [6, 6.07) is 12.5. The van der Waals surface area contributed by atoms with E-state index >= 15 is 0 Å². The van der Waals surface area contributed by atoms with E-state index in [1.165, 1.54) is 11.2 Å². The molecule has 0 fully saturated rings. The second kappa shape index (κ2) is 7.45. The molecule has 1 aliphatic rings. The second-order valence-electron chi connectivity index (χ2n) is 7.08. The Labute approximate surface area is 181 Å². The molecule has 154 valence electrons. The third-order valence-corrected chi connectivity index (χ3v) is 5.41. The van der Waals surface area contributed by atoms with Crippen molar-refractivity contribution in [1.82, 2.24) is 9.88 Å². The number of fused-ring (bicyclic) bond motifs is 1. The zero-order valence-electron chi connectivity index (χ0n) is 16.0. The number of halogens is 1. The number of nitrogens with zero attached hydrogens (tertiary/aromatic N) is 2. The molecule has 1 unspecified atom stereocenters. The summed E-state index contributed by atoms with van der Waals surface area (Å²) in [7, 11) is 0. The van der Waals surface area contributed by atoms with Gasteiger partial charge in [0.2, 0.25) is 5.78 Å². The van der Waals surface area contributed by atoms with Crippen molar-refractivity contribution >= 4 is 34.3 Å². The molecule has 1 N–H and O–H groups in total. The molecule has 1 atom stereocenters. The van der Waals surface area contributed by atoms with Gasteiger partial charge in [0.15, 0.2) is 11.5 Å². The largest absolute Gasteiger partial charge is 0.503 e. The summed E-state index contributed by atoms with van der Waals surface area (Å²) in [5.41, 5.74) is 1.04. The standard InChI is InChI=1S/C23H15ClN2O5/c24-15-3-4-17-14(10-15)11-18(31-17)21(27)19-20(13-5-7-25-8-6-13)26(23(29)22(19)28)12-16-2-1-9-30-16/h1-11,20,28H,12H2. The van der Waals surface area contributed by atoms with E-state index < -0.39 is 23.5 Å². The van der Waals surface area contributed by atoms with E-state index in [1.54, 1.807) is 60.9 Å². The predicted octanol–water partition coefficient (Wildman–Crippen LogP) is 4.85. The third-order valence-electron chi connectivity index (χ3n) is 5.18. The molecule has 0 spiro atoms. The summed E-state index contributed by atoms with van der Waals surface area (Å²) in [5, 5.41) is 11.8. The Morgan fingerprint density at radius 1 is 1.16 bits per heavy atom. The average molecular weight is 435 g/mol. The molecule has 1 aromatic carbocycles. The number of Topliss-reactive ketones (excluding diaryl/α,β-unsaturated/α-hetero) is 1. The molecule has 0 radical (unpaired) electrons. The highest BCUT2D eigenvalue weighted by Crippen LogP contribution is 2.40. The lowest BCUT2D eigenvalue weighted by atomic mass is 9.95. The van der Waals surface area contributed by atoms with Crippen LogP contribution in [0.4, 0.5) is 0 Å². The van der Waals surface area contributed by atoms with Gasteiger partial charge < -0.3 is 18.8 Å². The molecule has 0 aliphatic carbocycles.